The van der Waals surface area contributed by atoms with E-state index in [1.807, 2.05) is 6.07 Å². The van der Waals surface area contributed by atoms with Crippen LogP contribution in [0.4, 0.5) is 17.5 Å². The summed E-state index contributed by atoms with van der Waals surface area (Å²) in [6.07, 6.45) is 0.995. The van der Waals surface area contributed by atoms with Crippen molar-refractivity contribution >= 4 is 29.1 Å². The molecule has 1 fully saturated rings. The molecule has 2 N–H and O–H groups in total. The molecule has 1 aromatic heterocycles. The van der Waals surface area contributed by atoms with Gasteiger partial charge in [-0.2, -0.15) is 4.98 Å². The van der Waals surface area contributed by atoms with Crippen LogP contribution < -0.4 is 15.5 Å². The number of hydrogen-bond donors (Lipinski definition) is 2. The molecule has 0 radical (unpaired) electrons. The minimum absolute atomic E-state index is 0.445. The fourth-order valence-corrected chi connectivity index (χ4v) is 3.36. The highest BCUT2D eigenvalue weighted by Gasteiger charge is 2.16. The van der Waals surface area contributed by atoms with E-state index >= 15 is 0 Å². The Bertz CT molecular complexity index is 733. The first-order valence-corrected chi connectivity index (χ1v) is 8.63. The zero-order valence-corrected chi connectivity index (χ0v) is 14.1. The Kier molecular flexibility index (Phi) is 4.51. The van der Waals surface area contributed by atoms with E-state index in [4.69, 9.17) is 16.3 Å². The van der Waals surface area contributed by atoms with Gasteiger partial charge in [-0.15, -0.1) is 0 Å². The Morgan fingerprint density at radius 3 is 2.96 bits per heavy atom. The van der Waals surface area contributed by atoms with Crippen molar-refractivity contribution in [3.8, 4) is 0 Å². The van der Waals surface area contributed by atoms with Crippen molar-refractivity contribution in [1.29, 1.82) is 0 Å². The highest BCUT2D eigenvalue weighted by Crippen LogP contribution is 2.27. The second-order valence-electron chi connectivity index (χ2n) is 5.97. The van der Waals surface area contributed by atoms with Gasteiger partial charge in [-0.1, -0.05) is 23.7 Å². The first kappa shape index (κ1) is 15.6. The van der Waals surface area contributed by atoms with Crippen LogP contribution in [0.2, 0.25) is 5.15 Å². The lowest BCUT2D eigenvalue weighted by molar-refractivity contribution is 0.122. The maximum absolute atomic E-state index is 6.22. The van der Waals surface area contributed by atoms with Crippen LogP contribution in [-0.4, -0.2) is 42.8 Å². The van der Waals surface area contributed by atoms with Gasteiger partial charge >= 0.3 is 0 Å². The standard InChI is InChI=1S/C17H20ClN5O/c18-15-10-16(23-6-8-24-9-7-23)22-17(21-15)20-14-3-1-2-12-11-19-5-4-13(12)14/h1-3,10,19H,4-9,11H2,(H,20,21,22). The average molecular weight is 346 g/mol. The summed E-state index contributed by atoms with van der Waals surface area (Å²) in [7, 11) is 0. The normalized spacial score (nSPS) is 17.5. The molecule has 6 nitrogen and oxygen atoms in total. The Labute approximate surface area is 146 Å². The van der Waals surface area contributed by atoms with Crippen LogP contribution >= 0.6 is 11.6 Å². The Hall–Kier alpha value is -1.89. The molecule has 1 aromatic carbocycles. The first-order chi connectivity index (χ1) is 11.8. The number of nitrogens with one attached hydrogen (secondary N) is 2. The molecule has 2 aliphatic rings. The fourth-order valence-electron chi connectivity index (χ4n) is 3.19. The first-order valence-electron chi connectivity index (χ1n) is 8.25. The second kappa shape index (κ2) is 6.93. The van der Waals surface area contributed by atoms with Crippen LogP contribution in [0.3, 0.4) is 0 Å². The lowest BCUT2D eigenvalue weighted by Gasteiger charge is -2.28. The van der Waals surface area contributed by atoms with E-state index in [-0.39, 0.29) is 0 Å². The van der Waals surface area contributed by atoms with E-state index in [1.54, 1.807) is 0 Å². The van der Waals surface area contributed by atoms with Gasteiger partial charge in [-0.25, -0.2) is 4.98 Å². The number of hydrogen-bond acceptors (Lipinski definition) is 6. The van der Waals surface area contributed by atoms with Gasteiger partial charge in [-0.05, 0) is 30.2 Å². The predicted octanol–water partition coefficient (Wildman–Crippen LogP) is 2.36. The number of aromatic nitrogens is 2. The molecule has 0 bridgehead atoms. The molecular formula is C17H20ClN5O. The number of rotatable bonds is 3. The molecule has 0 atom stereocenters. The zero-order chi connectivity index (χ0) is 16.4. The van der Waals surface area contributed by atoms with Gasteiger partial charge in [0.15, 0.2) is 0 Å². The van der Waals surface area contributed by atoms with Crippen LogP contribution in [0.5, 0.6) is 0 Å². The molecule has 4 rings (SSSR count). The highest BCUT2D eigenvalue weighted by molar-refractivity contribution is 6.29. The van der Waals surface area contributed by atoms with E-state index in [2.05, 4.69) is 43.7 Å². The SMILES string of the molecule is Clc1cc(N2CCOCC2)nc(Nc2cccc3c2CCNC3)n1. The summed E-state index contributed by atoms with van der Waals surface area (Å²) in [5.74, 6) is 1.38. The summed E-state index contributed by atoms with van der Waals surface area (Å²) in [4.78, 5) is 11.2. The van der Waals surface area contributed by atoms with Crippen molar-refractivity contribution in [3.05, 3.63) is 40.5 Å². The van der Waals surface area contributed by atoms with Crippen LogP contribution in [-0.2, 0) is 17.7 Å². The zero-order valence-electron chi connectivity index (χ0n) is 13.4. The molecule has 2 aromatic rings. The molecule has 24 heavy (non-hydrogen) atoms. The minimum Gasteiger partial charge on any atom is -0.378 e. The number of fused-ring (bicyclic) bond motifs is 1. The number of ether oxygens (including phenoxy) is 1. The van der Waals surface area contributed by atoms with E-state index in [1.165, 1.54) is 11.1 Å². The maximum atomic E-state index is 6.22. The monoisotopic (exact) mass is 345 g/mol. The summed E-state index contributed by atoms with van der Waals surface area (Å²) < 4.78 is 5.40. The number of anilines is 3. The summed E-state index contributed by atoms with van der Waals surface area (Å²) in [5, 5.41) is 7.20. The van der Waals surface area contributed by atoms with Crippen molar-refractivity contribution in [1.82, 2.24) is 15.3 Å². The van der Waals surface area contributed by atoms with E-state index in [9.17, 15) is 0 Å². The van der Waals surface area contributed by atoms with Crippen LogP contribution in [0.15, 0.2) is 24.3 Å². The highest BCUT2D eigenvalue weighted by atomic mass is 35.5. The Morgan fingerprint density at radius 2 is 2.08 bits per heavy atom. The van der Waals surface area contributed by atoms with E-state index in [0.29, 0.717) is 24.3 Å². The molecule has 7 heteroatoms. The van der Waals surface area contributed by atoms with Crippen molar-refractivity contribution in [2.45, 2.75) is 13.0 Å². The van der Waals surface area contributed by atoms with Crippen molar-refractivity contribution in [2.24, 2.45) is 0 Å². The van der Waals surface area contributed by atoms with Crippen molar-refractivity contribution in [3.63, 3.8) is 0 Å². The topological polar surface area (TPSA) is 62.3 Å². The summed E-state index contributed by atoms with van der Waals surface area (Å²) in [6.45, 7) is 4.95. The number of morpholine rings is 1. The lowest BCUT2D eigenvalue weighted by atomic mass is 9.99. The third kappa shape index (κ3) is 3.31. The summed E-state index contributed by atoms with van der Waals surface area (Å²) >= 11 is 6.22. The molecule has 1 saturated heterocycles. The molecule has 0 spiro atoms. The Balaban J connectivity index is 1.62. The largest absolute Gasteiger partial charge is 0.378 e. The number of benzene rings is 1. The molecule has 0 saturated carbocycles. The van der Waals surface area contributed by atoms with Crippen molar-refractivity contribution in [2.75, 3.05) is 43.1 Å². The lowest BCUT2D eigenvalue weighted by Crippen LogP contribution is -2.36. The summed E-state index contributed by atoms with van der Waals surface area (Å²) in [5.41, 5.74) is 3.71. The van der Waals surface area contributed by atoms with E-state index < -0.39 is 0 Å². The van der Waals surface area contributed by atoms with Crippen LogP contribution in [0.1, 0.15) is 11.1 Å². The molecule has 126 valence electrons. The van der Waals surface area contributed by atoms with Gasteiger partial charge in [0.25, 0.3) is 0 Å². The summed E-state index contributed by atoms with van der Waals surface area (Å²) in [6, 6.07) is 8.09. The van der Waals surface area contributed by atoms with Gasteiger partial charge in [0.1, 0.15) is 11.0 Å². The smallest absolute Gasteiger partial charge is 0.230 e. The molecular weight excluding hydrogens is 326 g/mol. The number of halogens is 1. The van der Waals surface area contributed by atoms with Gasteiger partial charge < -0.3 is 20.3 Å². The molecule has 3 heterocycles. The molecule has 0 unspecified atom stereocenters. The predicted molar refractivity (Wildman–Crippen MR) is 95.2 cm³/mol. The maximum Gasteiger partial charge on any atom is 0.230 e. The quantitative estimate of drug-likeness (QED) is 0.833. The molecule has 0 amide bonds. The fraction of sp³-hybridized carbons (Fsp3) is 0.412. The van der Waals surface area contributed by atoms with Gasteiger partial charge in [-0.3, -0.25) is 0 Å². The third-order valence-corrected chi connectivity index (χ3v) is 4.60. The van der Waals surface area contributed by atoms with Crippen LogP contribution in [0, 0.1) is 0 Å². The van der Waals surface area contributed by atoms with E-state index in [0.717, 1.165) is 44.1 Å². The molecule has 0 aliphatic carbocycles. The Morgan fingerprint density at radius 1 is 1.21 bits per heavy atom. The van der Waals surface area contributed by atoms with Gasteiger partial charge in [0, 0.05) is 31.4 Å². The third-order valence-electron chi connectivity index (χ3n) is 4.40. The van der Waals surface area contributed by atoms with Crippen LogP contribution in [0.25, 0.3) is 0 Å². The minimum atomic E-state index is 0.445. The van der Waals surface area contributed by atoms with Gasteiger partial charge in [0.2, 0.25) is 5.95 Å². The van der Waals surface area contributed by atoms with Crippen molar-refractivity contribution < 1.29 is 4.74 Å². The second-order valence-corrected chi connectivity index (χ2v) is 6.35. The number of nitrogens with zero attached hydrogens (tertiary/aromatic N) is 3. The average Bonchev–Trinajstić information content (AvgIpc) is 2.62. The van der Waals surface area contributed by atoms with Gasteiger partial charge in [0.05, 0.1) is 13.2 Å². The molecule has 2 aliphatic heterocycles.